The molecule has 33 heavy (non-hydrogen) atoms. The van der Waals surface area contributed by atoms with Crippen LogP contribution in [0.4, 0.5) is 23.4 Å². The summed E-state index contributed by atoms with van der Waals surface area (Å²) < 4.78 is 47.3. The molecule has 1 aromatic carbocycles. The molecule has 1 unspecified atom stereocenters. The van der Waals surface area contributed by atoms with E-state index in [2.05, 4.69) is 20.6 Å². The Balaban J connectivity index is 1.38. The number of aryl methyl sites for hydroxylation is 1. The number of likely N-dealkylation sites (tertiary alicyclic amines) is 1. The van der Waals surface area contributed by atoms with Crippen LogP contribution in [0.25, 0.3) is 20.4 Å². The molecule has 5 rings (SSSR count). The number of anilines is 2. The molecule has 1 fully saturated rings. The van der Waals surface area contributed by atoms with Crippen LogP contribution in [0.2, 0.25) is 0 Å². The van der Waals surface area contributed by atoms with Gasteiger partial charge >= 0.3 is 6.18 Å². The molecule has 0 radical (unpaired) electrons. The van der Waals surface area contributed by atoms with E-state index in [1.807, 2.05) is 17.9 Å². The van der Waals surface area contributed by atoms with E-state index in [9.17, 15) is 18.0 Å². The fraction of sp³-hybridized carbons (Fsp3) is 0.381. The number of benzene rings is 1. The summed E-state index contributed by atoms with van der Waals surface area (Å²) in [7, 11) is 0. The molecule has 4 aromatic rings. The number of thiazole rings is 2. The van der Waals surface area contributed by atoms with Gasteiger partial charge in [-0.25, -0.2) is 9.97 Å². The van der Waals surface area contributed by atoms with Crippen molar-refractivity contribution in [3.05, 3.63) is 35.8 Å². The van der Waals surface area contributed by atoms with Gasteiger partial charge in [0.05, 0.1) is 33.2 Å². The number of furan rings is 1. The van der Waals surface area contributed by atoms with Crippen LogP contribution in [0, 0.1) is 6.92 Å². The maximum Gasteiger partial charge on any atom is 0.415 e. The Kier molecular flexibility index (Phi) is 5.65. The van der Waals surface area contributed by atoms with Crippen LogP contribution < -0.4 is 10.6 Å². The van der Waals surface area contributed by atoms with Crippen molar-refractivity contribution in [2.24, 2.45) is 0 Å². The van der Waals surface area contributed by atoms with E-state index in [4.69, 9.17) is 4.42 Å². The minimum absolute atomic E-state index is 0.0534. The number of nitrogens with zero attached hydrogens (tertiary/aromatic N) is 3. The van der Waals surface area contributed by atoms with E-state index in [1.54, 1.807) is 0 Å². The smallest absolute Gasteiger partial charge is 0.415 e. The average Bonchev–Trinajstić information content (AvgIpc) is 3.56. The molecular weight excluding hydrogens is 475 g/mol. The quantitative estimate of drug-likeness (QED) is 0.365. The number of amides is 1. The number of alkyl halides is 3. The Morgan fingerprint density at radius 3 is 2.48 bits per heavy atom. The standard InChI is InChI=1S/C21H20F3N5O2S2/c1-11-16-13(32-19(26-16)25-10-15(30)29-6-2-3-7-29)9-14-17(11)27-20(33-14)28-18(21(22,23)24)12-5-4-8-31-12/h4-5,8-9,18H,2-3,6-7,10H2,1H3,(H,25,26)(H,27,28). The molecular formula is C21H20F3N5O2S2. The first kappa shape index (κ1) is 22.0. The predicted molar refractivity (Wildman–Crippen MR) is 123 cm³/mol. The summed E-state index contributed by atoms with van der Waals surface area (Å²) in [5.74, 6) is -0.169. The molecule has 174 valence electrons. The van der Waals surface area contributed by atoms with Crippen LogP contribution >= 0.6 is 22.7 Å². The van der Waals surface area contributed by atoms with E-state index >= 15 is 0 Å². The lowest BCUT2D eigenvalue weighted by atomic mass is 10.2. The zero-order valence-electron chi connectivity index (χ0n) is 17.5. The summed E-state index contributed by atoms with van der Waals surface area (Å²) in [5, 5.41) is 6.36. The van der Waals surface area contributed by atoms with Gasteiger partial charge in [0.1, 0.15) is 5.76 Å². The Hall–Kier alpha value is -2.86. The minimum atomic E-state index is -4.54. The first-order valence-corrected chi connectivity index (χ1v) is 12.0. The van der Waals surface area contributed by atoms with E-state index in [0.717, 1.165) is 57.7 Å². The Labute approximate surface area is 194 Å². The Morgan fingerprint density at radius 1 is 1.18 bits per heavy atom. The van der Waals surface area contributed by atoms with Crippen LogP contribution in [0.1, 0.15) is 30.2 Å². The lowest BCUT2D eigenvalue weighted by Crippen LogP contribution is -2.32. The highest BCUT2D eigenvalue weighted by molar-refractivity contribution is 7.24. The van der Waals surface area contributed by atoms with Crippen LogP contribution in [0.5, 0.6) is 0 Å². The lowest BCUT2D eigenvalue weighted by Gasteiger charge is -2.18. The molecule has 1 aliphatic heterocycles. The Bertz CT molecular complexity index is 1290. The fourth-order valence-corrected chi connectivity index (χ4v) is 5.92. The zero-order valence-corrected chi connectivity index (χ0v) is 19.2. The predicted octanol–water partition coefficient (Wildman–Crippen LogP) is 5.56. The maximum atomic E-state index is 13.6. The van der Waals surface area contributed by atoms with E-state index in [-0.39, 0.29) is 23.3 Å². The number of rotatable bonds is 6. The summed E-state index contributed by atoms with van der Waals surface area (Å²) >= 11 is 2.55. The highest BCUT2D eigenvalue weighted by Gasteiger charge is 2.43. The third-order valence-corrected chi connectivity index (χ3v) is 7.45. The average molecular weight is 496 g/mol. The second-order valence-electron chi connectivity index (χ2n) is 7.81. The number of carbonyl (C=O) groups excluding carboxylic acids is 1. The normalized spacial score (nSPS) is 15.5. The zero-order chi connectivity index (χ0) is 23.2. The minimum Gasteiger partial charge on any atom is -0.467 e. The second-order valence-corrected chi connectivity index (χ2v) is 9.87. The van der Waals surface area contributed by atoms with E-state index in [1.165, 1.54) is 29.7 Å². The summed E-state index contributed by atoms with van der Waals surface area (Å²) in [6.45, 7) is 3.63. The van der Waals surface area contributed by atoms with Gasteiger partial charge < -0.3 is 20.0 Å². The van der Waals surface area contributed by atoms with Crippen molar-refractivity contribution in [1.82, 2.24) is 14.9 Å². The molecule has 0 bridgehead atoms. The van der Waals surface area contributed by atoms with Gasteiger partial charge in [0.15, 0.2) is 16.3 Å². The molecule has 0 saturated carbocycles. The number of fused-ring (bicyclic) bond motifs is 2. The van der Waals surface area contributed by atoms with Crippen LogP contribution in [0.3, 0.4) is 0 Å². The SMILES string of the molecule is Cc1c2nc(NCC(=O)N3CCCC3)sc2cc2sc(NC(c3ccco3)C(F)(F)F)nc12. The first-order valence-electron chi connectivity index (χ1n) is 10.4. The fourth-order valence-electron chi connectivity index (χ4n) is 3.89. The number of halogens is 3. The van der Waals surface area contributed by atoms with Crippen LogP contribution in [-0.4, -0.2) is 46.6 Å². The summed E-state index contributed by atoms with van der Waals surface area (Å²) in [6.07, 6.45) is -1.25. The highest BCUT2D eigenvalue weighted by atomic mass is 32.1. The monoisotopic (exact) mass is 495 g/mol. The molecule has 3 aromatic heterocycles. The third kappa shape index (κ3) is 4.36. The largest absolute Gasteiger partial charge is 0.467 e. The van der Waals surface area contributed by atoms with Crippen LogP contribution in [0.15, 0.2) is 28.9 Å². The van der Waals surface area contributed by atoms with Gasteiger partial charge in [-0.15, -0.1) is 0 Å². The number of carbonyl (C=O) groups is 1. The van der Waals surface area contributed by atoms with Gasteiger partial charge in [-0.05, 0) is 38.0 Å². The van der Waals surface area contributed by atoms with Crippen molar-refractivity contribution < 1.29 is 22.4 Å². The van der Waals surface area contributed by atoms with Crippen molar-refractivity contribution in [1.29, 1.82) is 0 Å². The number of hydrogen-bond acceptors (Lipinski definition) is 8. The Morgan fingerprint density at radius 2 is 1.85 bits per heavy atom. The van der Waals surface area contributed by atoms with Gasteiger partial charge in [-0.1, -0.05) is 22.7 Å². The van der Waals surface area contributed by atoms with Gasteiger partial charge in [0.25, 0.3) is 0 Å². The molecule has 1 saturated heterocycles. The summed E-state index contributed by atoms with van der Waals surface area (Å²) in [6, 6.07) is 2.59. The van der Waals surface area contributed by atoms with Crippen molar-refractivity contribution in [3.63, 3.8) is 0 Å². The topological polar surface area (TPSA) is 83.3 Å². The number of nitrogens with one attached hydrogen (secondary N) is 2. The van der Waals surface area contributed by atoms with E-state index < -0.39 is 12.2 Å². The molecule has 0 spiro atoms. The molecule has 2 N–H and O–H groups in total. The van der Waals surface area contributed by atoms with Gasteiger partial charge in [-0.3, -0.25) is 4.79 Å². The van der Waals surface area contributed by atoms with Crippen molar-refractivity contribution in [3.8, 4) is 0 Å². The molecule has 1 atom stereocenters. The van der Waals surface area contributed by atoms with Gasteiger partial charge in [-0.2, -0.15) is 13.2 Å². The first-order chi connectivity index (χ1) is 15.8. The molecule has 1 amide bonds. The van der Waals surface area contributed by atoms with Crippen molar-refractivity contribution in [2.75, 3.05) is 30.3 Å². The van der Waals surface area contributed by atoms with E-state index in [0.29, 0.717) is 10.6 Å². The molecule has 7 nitrogen and oxygen atoms in total. The summed E-state index contributed by atoms with van der Waals surface area (Å²) in [5.41, 5.74) is 2.10. The highest BCUT2D eigenvalue weighted by Crippen LogP contribution is 2.40. The molecule has 0 aliphatic carbocycles. The molecule has 12 heteroatoms. The van der Waals surface area contributed by atoms with Crippen molar-refractivity contribution >= 4 is 59.3 Å². The third-order valence-electron chi connectivity index (χ3n) is 5.55. The number of hydrogen-bond donors (Lipinski definition) is 2. The van der Waals surface area contributed by atoms with Crippen LogP contribution in [-0.2, 0) is 4.79 Å². The van der Waals surface area contributed by atoms with Gasteiger partial charge in [0, 0.05) is 18.7 Å². The molecule has 1 aliphatic rings. The number of aromatic nitrogens is 2. The van der Waals surface area contributed by atoms with Gasteiger partial charge in [0.2, 0.25) is 5.91 Å². The maximum absolute atomic E-state index is 13.6. The second kappa shape index (κ2) is 8.49. The summed E-state index contributed by atoms with van der Waals surface area (Å²) in [4.78, 5) is 23.1. The van der Waals surface area contributed by atoms with Crippen molar-refractivity contribution in [2.45, 2.75) is 32.0 Å². The lowest BCUT2D eigenvalue weighted by molar-refractivity contribution is -0.147. The molecule has 4 heterocycles.